The molecule has 1 heterocycles. The summed E-state index contributed by atoms with van der Waals surface area (Å²) in [6, 6.07) is 6.66. The van der Waals surface area contributed by atoms with Crippen LogP contribution in [0.25, 0.3) is 0 Å². The van der Waals surface area contributed by atoms with Crippen LogP contribution in [0.1, 0.15) is 16.7 Å². The van der Waals surface area contributed by atoms with Gasteiger partial charge < -0.3 is 5.11 Å². The molecular weight excluding hydrogens is 349 g/mol. The molecule has 24 heavy (non-hydrogen) atoms. The Morgan fingerprint density at radius 3 is 2.75 bits per heavy atom. The Morgan fingerprint density at radius 2 is 2.17 bits per heavy atom. The number of aromatic nitrogens is 1. The molecule has 5 nitrogen and oxygen atoms in total. The van der Waals surface area contributed by atoms with Gasteiger partial charge in [0.05, 0.1) is 16.3 Å². The fourth-order valence-electron chi connectivity index (χ4n) is 2.14. The lowest BCUT2D eigenvalue weighted by atomic mass is 10.1. The van der Waals surface area contributed by atoms with Crippen LogP contribution in [0, 0.1) is 18.3 Å². The Balaban J connectivity index is 2.63. The Morgan fingerprint density at radius 1 is 1.46 bits per heavy atom. The number of nitriles is 1. The minimum Gasteiger partial charge on any atom is -0.494 e. The Labute approximate surface area is 148 Å². The number of nitrogens with zero attached hydrogens (tertiary/aromatic N) is 3. The molecule has 0 fully saturated rings. The standard InChI is InChI=1S/C17H13Cl2N3O2/c1-3-6-22-16(23)12(8-20)10(2)13(17(22)24)9-21-15-5-4-11(18)7-14(15)19/h3-5,7,9,24H,1,6H2,2H3. The van der Waals surface area contributed by atoms with Gasteiger partial charge in [-0.3, -0.25) is 14.4 Å². The summed E-state index contributed by atoms with van der Waals surface area (Å²) in [5.41, 5.74) is 0.417. The van der Waals surface area contributed by atoms with Crippen LogP contribution in [0.5, 0.6) is 5.88 Å². The highest BCUT2D eigenvalue weighted by Gasteiger charge is 2.17. The molecule has 2 aromatic rings. The van der Waals surface area contributed by atoms with Crippen LogP contribution in [0.15, 0.2) is 40.6 Å². The van der Waals surface area contributed by atoms with Gasteiger partial charge in [0.2, 0.25) is 5.88 Å². The number of hydrogen-bond acceptors (Lipinski definition) is 4. The minimum absolute atomic E-state index is 0.0571. The SMILES string of the molecule is C=CCn1c(O)c(C=Nc2ccc(Cl)cc2Cl)c(C)c(C#N)c1=O. The predicted octanol–water partition coefficient (Wildman–Crippen LogP) is 3.98. The Hall–Kier alpha value is -2.55. The van der Waals surface area contributed by atoms with Gasteiger partial charge in [0.25, 0.3) is 5.56 Å². The van der Waals surface area contributed by atoms with Crippen molar-refractivity contribution in [2.75, 3.05) is 0 Å². The second-order valence-electron chi connectivity index (χ2n) is 4.91. The molecule has 122 valence electrons. The predicted molar refractivity (Wildman–Crippen MR) is 95.7 cm³/mol. The number of allylic oxidation sites excluding steroid dienone is 1. The summed E-state index contributed by atoms with van der Waals surface area (Å²) in [6.45, 7) is 5.19. The second kappa shape index (κ2) is 7.35. The van der Waals surface area contributed by atoms with Crippen molar-refractivity contribution in [3.8, 4) is 11.9 Å². The van der Waals surface area contributed by atoms with E-state index in [9.17, 15) is 15.2 Å². The molecule has 0 amide bonds. The third-order valence-electron chi connectivity index (χ3n) is 3.40. The molecule has 1 aromatic heterocycles. The van der Waals surface area contributed by atoms with Crippen LogP contribution in [0.3, 0.4) is 0 Å². The van der Waals surface area contributed by atoms with Crippen molar-refractivity contribution in [2.24, 2.45) is 4.99 Å². The largest absolute Gasteiger partial charge is 0.494 e. The van der Waals surface area contributed by atoms with E-state index in [0.29, 0.717) is 21.3 Å². The first-order valence-corrected chi connectivity index (χ1v) is 7.62. The third-order valence-corrected chi connectivity index (χ3v) is 3.94. The summed E-state index contributed by atoms with van der Waals surface area (Å²) >= 11 is 11.9. The first-order chi connectivity index (χ1) is 11.4. The second-order valence-corrected chi connectivity index (χ2v) is 5.75. The molecule has 0 bridgehead atoms. The Kier molecular flexibility index (Phi) is 5.45. The molecule has 0 saturated carbocycles. The molecular formula is C17H13Cl2N3O2. The quantitative estimate of drug-likeness (QED) is 0.660. The zero-order valence-electron chi connectivity index (χ0n) is 12.8. The highest BCUT2D eigenvalue weighted by molar-refractivity contribution is 6.36. The number of hydrogen-bond donors (Lipinski definition) is 1. The molecule has 0 radical (unpaired) electrons. The summed E-state index contributed by atoms with van der Waals surface area (Å²) < 4.78 is 1.06. The molecule has 1 aromatic carbocycles. The molecule has 1 N–H and O–H groups in total. The van der Waals surface area contributed by atoms with Crippen molar-refractivity contribution in [1.29, 1.82) is 5.26 Å². The summed E-state index contributed by atoms with van der Waals surface area (Å²) in [5, 5.41) is 20.4. The highest BCUT2D eigenvalue weighted by atomic mass is 35.5. The van der Waals surface area contributed by atoms with Crippen molar-refractivity contribution in [1.82, 2.24) is 4.57 Å². The van der Waals surface area contributed by atoms with Gasteiger partial charge in [0.15, 0.2) is 0 Å². The zero-order valence-corrected chi connectivity index (χ0v) is 14.3. The number of pyridine rings is 1. The molecule has 2 rings (SSSR count). The van der Waals surface area contributed by atoms with E-state index in [1.807, 2.05) is 6.07 Å². The van der Waals surface area contributed by atoms with Crippen LogP contribution in [0.4, 0.5) is 5.69 Å². The summed E-state index contributed by atoms with van der Waals surface area (Å²) in [7, 11) is 0. The van der Waals surface area contributed by atoms with Crippen LogP contribution in [-0.4, -0.2) is 15.9 Å². The molecule has 0 saturated heterocycles. The van der Waals surface area contributed by atoms with Crippen molar-refractivity contribution in [2.45, 2.75) is 13.5 Å². The van der Waals surface area contributed by atoms with Crippen LogP contribution in [-0.2, 0) is 6.54 Å². The van der Waals surface area contributed by atoms with Gasteiger partial charge in [-0.05, 0) is 30.7 Å². The van der Waals surface area contributed by atoms with E-state index in [0.717, 1.165) is 4.57 Å². The van der Waals surface area contributed by atoms with Crippen LogP contribution >= 0.6 is 23.2 Å². The summed E-state index contributed by atoms with van der Waals surface area (Å²) in [4.78, 5) is 16.4. The maximum absolute atomic E-state index is 12.2. The number of benzene rings is 1. The van der Waals surface area contributed by atoms with E-state index in [-0.39, 0.29) is 23.6 Å². The van der Waals surface area contributed by atoms with Gasteiger partial charge in [-0.25, -0.2) is 0 Å². The smallest absolute Gasteiger partial charge is 0.271 e. The van der Waals surface area contributed by atoms with Crippen molar-refractivity contribution >= 4 is 35.1 Å². The first-order valence-electron chi connectivity index (χ1n) is 6.87. The van der Waals surface area contributed by atoms with Gasteiger partial charge in [0, 0.05) is 17.8 Å². The van der Waals surface area contributed by atoms with E-state index >= 15 is 0 Å². The van der Waals surface area contributed by atoms with Gasteiger partial charge in [0.1, 0.15) is 11.6 Å². The monoisotopic (exact) mass is 361 g/mol. The molecule has 0 aliphatic rings. The lowest BCUT2D eigenvalue weighted by molar-refractivity contribution is 0.414. The third kappa shape index (κ3) is 3.35. The maximum atomic E-state index is 12.2. The molecule has 7 heteroatoms. The molecule has 0 aliphatic carbocycles. The fourth-order valence-corrected chi connectivity index (χ4v) is 2.60. The lowest BCUT2D eigenvalue weighted by Crippen LogP contribution is -2.24. The number of rotatable bonds is 4. The van der Waals surface area contributed by atoms with E-state index < -0.39 is 5.56 Å². The van der Waals surface area contributed by atoms with Crippen molar-refractivity contribution < 1.29 is 5.11 Å². The average Bonchev–Trinajstić information content (AvgIpc) is 2.53. The normalized spacial score (nSPS) is 10.8. The molecule has 0 aliphatic heterocycles. The van der Waals surface area contributed by atoms with E-state index in [1.54, 1.807) is 25.1 Å². The highest BCUT2D eigenvalue weighted by Crippen LogP contribution is 2.28. The van der Waals surface area contributed by atoms with Gasteiger partial charge in [-0.1, -0.05) is 29.3 Å². The average molecular weight is 362 g/mol. The molecule has 0 spiro atoms. The fraction of sp³-hybridized carbons (Fsp3) is 0.118. The minimum atomic E-state index is -0.575. The molecule has 0 unspecified atom stereocenters. The van der Waals surface area contributed by atoms with Crippen LogP contribution in [0.2, 0.25) is 10.0 Å². The van der Waals surface area contributed by atoms with Crippen LogP contribution < -0.4 is 5.56 Å². The van der Waals surface area contributed by atoms with E-state index in [2.05, 4.69) is 11.6 Å². The number of aliphatic imine (C=N–C) groups is 1. The first kappa shape index (κ1) is 17.8. The zero-order chi connectivity index (χ0) is 17.9. The van der Waals surface area contributed by atoms with E-state index in [1.165, 1.54) is 12.3 Å². The Bertz CT molecular complexity index is 940. The van der Waals surface area contributed by atoms with E-state index in [4.69, 9.17) is 23.2 Å². The molecule has 0 atom stereocenters. The van der Waals surface area contributed by atoms with Crippen molar-refractivity contribution in [3.05, 3.63) is 67.9 Å². The van der Waals surface area contributed by atoms with Crippen molar-refractivity contribution in [3.63, 3.8) is 0 Å². The lowest BCUT2D eigenvalue weighted by Gasteiger charge is -2.12. The summed E-state index contributed by atoms with van der Waals surface area (Å²) in [5.74, 6) is -0.287. The number of aromatic hydroxyl groups is 1. The number of halogens is 2. The topological polar surface area (TPSA) is 78.4 Å². The van der Waals surface area contributed by atoms with Gasteiger partial charge in [-0.2, -0.15) is 5.26 Å². The maximum Gasteiger partial charge on any atom is 0.271 e. The van der Waals surface area contributed by atoms with Gasteiger partial charge in [-0.15, -0.1) is 6.58 Å². The summed E-state index contributed by atoms with van der Waals surface area (Å²) in [6.07, 6.45) is 2.81. The van der Waals surface area contributed by atoms with Gasteiger partial charge >= 0.3 is 0 Å².